The average molecular weight is 241 g/mol. The Morgan fingerprint density at radius 3 is 2.50 bits per heavy atom. The van der Waals surface area contributed by atoms with Crippen molar-refractivity contribution in [2.45, 2.75) is 20.8 Å². The van der Waals surface area contributed by atoms with Gasteiger partial charge in [0, 0.05) is 5.56 Å². The van der Waals surface area contributed by atoms with Gasteiger partial charge in [-0.2, -0.15) is 5.10 Å². The van der Waals surface area contributed by atoms with Gasteiger partial charge in [0.25, 0.3) is 0 Å². The zero-order chi connectivity index (χ0) is 12.6. The van der Waals surface area contributed by atoms with Gasteiger partial charge < -0.3 is 11.5 Å². The molecule has 1 aromatic carbocycles. The van der Waals surface area contributed by atoms with E-state index in [9.17, 15) is 0 Å². The predicted molar refractivity (Wildman–Crippen MR) is 70.9 cm³/mol. The first-order valence-corrected chi connectivity index (χ1v) is 5.36. The van der Waals surface area contributed by atoms with Gasteiger partial charge in [-0.05, 0) is 12.5 Å². The van der Waals surface area contributed by atoms with Crippen LogP contribution in [0.5, 0.6) is 0 Å². The molecule has 0 atom stereocenters. The smallest absolute Gasteiger partial charge is 0.211 e. The van der Waals surface area contributed by atoms with E-state index < -0.39 is 0 Å². The van der Waals surface area contributed by atoms with Gasteiger partial charge in [-0.3, -0.25) is 0 Å². The summed E-state index contributed by atoms with van der Waals surface area (Å²) in [7, 11) is 0. The van der Waals surface area contributed by atoms with Gasteiger partial charge in [0.2, 0.25) is 5.96 Å². The molecule has 0 aliphatic carbocycles. The Labute approximate surface area is 101 Å². The third-order valence-corrected chi connectivity index (χ3v) is 2.11. The molecule has 0 amide bonds. The van der Waals surface area contributed by atoms with Crippen LogP contribution in [0.2, 0.25) is 5.02 Å². The van der Waals surface area contributed by atoms with E-state index in [4.69, 9.17) is 23.1 Å². The highest BCUT2D eigenvalue weighted by Gasteiger charge is 1.98. The van der Waals surface area contributed by atoms with Crippen molar-refractivity contribution in [3.05, 3.63) is 34.3 Å². The lowest BCUT2D eigenvalue weighted by atomic mass is 10.1. The van der Waals surface area contributed by atoms with Crippen LogP contribution >= 0.6 is 11.6 Å². The van der Waals surface area contributed by atoms with E-state index in [2.05, 4.69) is 10.2 Å². The number of nitrogens with zero attached hydrogens (tertiary/aromatic N) is 2. The Balaban J connectivity index is 0.00000106. The average Bonchev–Trinajstić information content (AvgIpc) is 2.27. The molecule has 1 aromatic rings. The van der Waals surface area contributed by atoms with Crippen molar-refractivity contribution < 1.29 is 0 Å². The van der Waals surface area contributed by atoms with Gasteiger partial charge in [-0.25, -0.2) is 0 Å². The maximum absolute atomic E-state index is 6.01. The molecule has 16 heavy (non-hydrogen) atoms. The summed E-state index contributed by atoms with van der Waals surface area (Å²) >= 11 is 6.01. The number of hydrogen-bond donors (Lipinski definition) is 2. The monoisotopic (exact) mass is 240 g/mol. The lowest BCUT2D eigenvalue weighted by Crippen LogP contribution is -2.21. The van der Waals surface area contributed by atoms with E-state index in [-0.39, 0.29) is 5.96 Å². The van der Waals surface area contributed by atoms with Crippen molar-refractivity contribution in [2.24, 2.45) is 21.7 Å². The van der Waals surface area contributed by atoms with E-state index in [1.807, 2.05) is 39.0 Å². The molecular formula is C11H17ClN4. The summed E-state index contributed by atoms with van der Waals surface area (Å²) in [4.78, 5) is 0. The molecule has 88 valence electrons. The molecule has 0 aliphatic rings. The fraction of sp³-hybridized carbons (Fsp3) is 0.273. The van der Waals surface area contributed by atoms with Crippen LogP contribution in [0.25, 0.3) is 0 Å². The Hall–Kier alpha value is -1.55. The predicted octanol–water partition coefficient (Wildman–Crippen LogP) is 2.28. The number of halogens is 1. The highest BCUT2D eigenvalue weighted by Crippen LogP contribution is 2.18. The summed E-state index contributed by atoms with van der Waals surface area (Å²) in [6.45, 7) is 5.92. The summed E-state index contributed by atoms with van der Waals surface area (Å²) in [6.07, 6.45) is 1.51. The topological polar surface area (TPSA) is 76.8 Å². The highest BCUT2D eigenvalue weighted by atomic mass is 35.5. The first-order chi connectivity index (χ1) is 7.61. The van der Waals surface area contributed by atoms with Gasteiger partial charge in [0.05, 0.1) is 11.2 Å². The van der Waals surface area contributed by atoms with E-state index in [0.29, 0.717) is 5.02 Å². The lowest BCUT2D eigenvalue weighted by molar-refractivity contribution is 1.21. The molecule has 0 fully saturated rings. The van der Waals surface area contributed by atoms with Crippen LogP contribution in [-0.2, 0) is 0 Å². The fourth-order valence-corrected chi connectivity index (χ4v) is 1.10. The van der Waals surface area contributed by atoms with Crippen LogP contribution in [0.1, 0.15) is 25.0 Å². The lowest BCUT2D eigenvalue weighted by Gasteiger charge is -1.99. The van der Waals surface area contributed by atoms with Crippen LogP contribution in [0.4, 0.5) is 0 Å². The van der Waals surface area contributed by atoms with E-state index in [1.54, 1.807) is 0 Å². The molecule has 0 heterocycles. The summed E-state index contributed by atoms with van der Waals surface area (Å²) in [5.41, 5.74) is 12.0. The number of guanidine groups is 1. The van der Waals surface area contributed by atoms with Gasteiger partial charge in [-0.15, -0.1) is 5.10 Å². The molecule has 0 radical (unpaired) electrons. The number of benzene rings is 1. The molecule has 1 rings (SSSR count). The number of aryl methyl sites for hydroxylation is 1. The zero-order valence-electron chi connectivity index (χ0n) is 9.74. The second-order valence-corrected chi connectivity index (χ2v) is 3.13. The SMILES string of the molecule is CC.Cc1cccc(/C=N/N=C(N)N)c1Cl. The summed E-state index contributed by atoms with van der Waals surface area (Å²) in [5, 5.41) is 7.80. The summed E-state index contributed by atoms with van der Waals surface area (Å²) in [5.74, 6) is -0.0787. The number of hydrogen-bond acceptors (Lipinski definition) is 2. The van der Waals surface area contributed by atoms with Gasteiger partial charge >= 0.3 is 0 Å². The summed E-state index contributed by atoms with van der Waals surface area (Å²) < 4.78 is 0. The minimum Gasteiger partial charge on any atom is -0.369 e. The van der Waals surface area contributed by atoms with Crippen molar-refractivity contribution >= 4 is 23.8 Å². The number of nitrogens with two attached hydrogens (primary N) is 2. The van der Waals surface area contributed by atoms with Crippen molar-refractivity contribution in [1.29, 1.82) is 0 Å². The van der Waals surface area contributed by atoms with Crippen molar-refractivity contribution in [3.63, 3.8) is 0 Å². The number of rotatable bonds is 2. The molecule has 0 saturated carbocycles. The maximum Gasteiger partial charge on any atom is 0.211 e. The van der Waals surface area contributed by atoms with Crippen molar-refractivity contribution in [3.8, 4) is 0 Å². The molecule has 5 heteroatoms. The van der Waals surface area contributed by atoms with Crippen LogP contribution in [0.15, 0.2) is 28.4 Å². The van der Waals surface area contributed by atoms with Crippen LogP contribution in [-0.4, -0.2) is 12.2 Å². The molecular weight excluding hydrogens is 224 g/mol. The van der Waals surface area contributed by atoms with Gasteiger partial charge in [0.15, 0.2) is 0 Å². The van der Waals surface area contributed by atoms with Crippen LogP contribution in [0, 0.1) is 6.92 Å². The molecule has 4 nitrogen and oxygen atoms in total. The largest absolute Gasteiger partial charge is 0.369 e. The van der Waals surface area contributed by atoms with Crippen molar-refractivity contribution in [1.82, 2.24) is 0 Å². The zero-order valence-corrected chi connectivity index (χ0v) is 10.5. The molecule has 0 bridgehead atoms. The Bertz CT molecular complexity index is 382. The Morgan fingerprint density at radius 1 is 1.31 bits per heavy atom. The second kappa shape index (κ2) is 7.70. The third kappa shape index (κ3) is 4.79. The molecule has 0 aromatic heterocycles. The first-order valence-electron chi connectivity index (χ1n) is 4.98. The van der Waals surface area contributed by atoms with E-state index >= 15 is 0 Å². The molecule has 0 aliphatic heterocycles. The van der Waals surface area contributed by atoms with E-state index in [1.165, 1.54) is 6.21 Å². The molecule has 0 saturated heterocycles. The normalized spacial score (nSPS) is 9.50. The van der Waals surface area contributed by atoms with Gasteiger partial charge in [-0.1, -0.05) is 43.6 Å². The quantitative estimate of drug-likeness (QED) is 0.473. The molecule has 0 unspecified atom stereocenters. The minimum absolute atomic E-state index is 0.0787. The third-order valence-electron chi connectivity index (χ3n) is 1.59. The first kappa shape index (κ1) is 14.5. The summed E-state index contributed by atoms with van der Waals surface area (Å²) in [6, 6.07) is 5.64. The van der Waals surface area contributed by atoms with Crippen molar-refractivity contribution in [2.75, 3.05) is 0 Å². The fourth-order valence-electron chi connectivity index (χ4n) is 0.928. The molecule has 0 spiro atoms. The van der Waals surface area contributed by atoms with Crippen LogP contribution < -0.4 is 11.5 Å². The van der Waals surface area contributed by atoms with Crippen LogP contribution in [0.3, 0.4) is 0 Å². The second-order valence-electron chi connectivity index (χ2n) is 2.75. The maximum atomic E-state index is 6.01. The standard InChI is InChI=1S/C9H11ClN4.C2H6/c1-6-3-2-4-7(8(6)10)5-13-14-9(11)12;1-2/h2-5H,1H3,(H4,11,12,14);1-2H3/b13-5+;. The van der Waals surface area contributed by atoms with E-state index in [0.717, 1.165) is 11.1 Å². The van der Waals surface area contributed by atoms with Gasteiger partial charge in [0.1, 0.15) is 0 Å². The Kier molecular flexibility index (Phi) is 6.96. The Morgan fingerprint density at radius 2 is 1.94 bits per heavy atom. The highest BCUT2D eigenvalue weighted by molar-refractivity contribution is 6.33. The minimum atomic E-state index is -0.0787. The molecule has 4 N–H and O–H groups in total.